The molecule has 22 heteroatoms. The van der Waals surface area contributed by atoms with Gasteiger partial charge in [0.15, 0.2) is 0 Å². The number of carbonyl (C=O) groups excluding carboxylic acids is 4. The second kappa shape index (κ2) is 24.8. The Morgan fingerprint density at radius 2 is 1.68 bits per heavy atom. The largest absolute Gasteiger partial charge is 0.455 e. The number of ether oxygens (including phenoxy) is 1. The number of piperazine rings is 2. The van der Waals surface area contributed by atoms with Crippen molar-refractivity contribution in [1.82, 2.24) is 39.6 Å². The quantitative estimate of drug-likeness (QED) is 0.0378. The number of H-pyrrole nitrogens is 1. The molecule has 2 aliphatic carbocycles. The molecule has 2 atom stereocenters. The fourth-order valence-electron chi connectivity index (χ4n) is 13.7. The van der Waals surface area contributed by atoms with Crippen LogP contribution >= 0.6 is 11.6 Å². The zero-order chi connectivity index (χ0) is 60.7. The van der Waals surface area contributed by atoms with Crippen molar-refractivity contribution in [2.24, 2.45) is 11.3 Å². The molecule has 2 aromatic heterocycles. The fourth-order valence-corrected chi connectivity index (χ4v) is 14.8. The summed E-state index contributed by atoms with van der Waals surface area (Å²) >= 11 is 6.28. The lowest BCUT2D eigenvalue weighted by Gasteiger charge is -2.45. The number of aromatic amines is 1. The Labute approximate surface area is 511 Å². The molecule has 4 amide bonds. The Morgan fingerprint density at radius 1 is 0.885 bits per heavy atom. The number of carbonyl (C=O) groups is 4. The summed E-state index contributed by atoms with van der Waals surface area (Å²) < 4.78 is 36.6. The first-order chi connectivity index (χ1) is 41.8. The van der Waals surface area contributed by atoms with E-state index in [1.165, 1.54) is 35.0 Å². The van der Waals surface area contributed by atoms with Gasteiger partial charge in [0.05, 0.1) is 21.6 Å². The van der Waals surface area contributed by atoms with Gasteiger partial charge in [-0.2, -0.15) is 0 Å². The van der Waals surface area contributed by atoms with Crippen molar-refractivity contribution in [1.29, 1.82) is 0 Å². The van der Waals surface area contributed by atoms with E-state index in [1.54, 1.807) is 35.4 Å². The molecular formula is C65H74ClN11O9S. The van der Waals surface area contributed by atoms with Crippen molar-refractivity contribution < 1.29 is 37.3 Å². The number of hydrogen-bond acceptors (Lipinski definition) is 15. The second-order valence-corrected chi connectivity index (χ2v) is 27.3. The summed E-state index contributed by atoms with van der Waals surface area (Å²) in [6.07, 6.45) is 10.8. The fraction of sp³-hybridized carbons (Fsp3) is 0.431. The summed E-state index contributed by atoms with van der Waals surface area (Å²) in [7, 11) is -4.63. The number of imide groups is 1. The Morgan fingerprint density at radius 3 is 2.44 bits per heavy atom. The summed E-state index contributed by atoms with van der Waals surface area (Å²) in [5.41, 5.74) is 8.08. The van der Waals surface area contributed by atoms with Gasteiger partial charge in [0, 0.05) is 130 Å². The monoisotopic (exact) mass is 1220 g/mol. The number of anilines is 2. The number of piperidine rings is 1. The minimum atomic E-state index is -4.63. The van der Waals surface area contributed by atoms with E-state index >= 15 is 0 Å². The predicted octanol–water partition coefficient (Wildman–Crippen LogP) is 9.76. The van der Waals surface area contributed by atoms with Crippen LogP contribution in [0.5, 0.6) is 11.5 Å². The first-order valence-corrected chi connectivity index (χ1v) is 32.2. The first-order valence-electron chi connectivity index (χ1n) is 30.3. The summed E-state index contributed by atoms with van der Waals surface area (Å²) in [4.78, 5) is 82.1. The molecule has 4 fully saturated rings. The Kier molecular flexibility index (Phi) is 17.0. The molecule has 4 aromatic carbocycles. The third-order valence-corrected chi connectivity index (χ3v) is 20.3. The lowest BCUT2D eigenvalue weighted by atomic mass is 9.72. The van der Waals surface area contributed by atoms with Gasteiger partial charge in [-0.3, -0.25) is 49.3 Å². The van der Waals surface area contributed by atoms with Crippen LogP contribution in [0.1, 0.15) is 116 Å². The Bertz CT molecular complexity index is 3800. The number of hydrogen-bond donors (Lipinski definition) is 4. The maximum Gasteiger partial charge on any atom is 0.293 e. The highest BCUT2D eigenvalue weighted by atomic mass is 35.5. The van der Waals surface area contributed by atoms with E-state index in [1.807, 2.05) is 30.3 Å². The molecule has 456 valence electrons. The van der Waals surface area contributed by atoms with E-state index in [-0.39, 0.29) is 46.6 Å². The maximum atomic E-state index is 14.2. The molecule has 0 bridgehead atoms. The van der Waals surface area contributed by atoms with E-state index in [9.17, 15) is 37.7 Å². The zero-order valence-corrected chi connectivity index (χ0v) is 50.9. The molecule has 6 aliphatic rings. The number of aromatic nitrogens is 2. The molecule has 6 aromatic rings. The number of benzene rings is 4. The maximum absolute atomic E-state index is 14.2. The molecule has 20 nitrogen and oxygen atoms in total. The van der Waals surface area contributed by atoms with Crippen molar-refractivity contribution in [3.8, 4) is 11.5 Å². The molecule has 3 saturated heterocycles. The molecule has 6 heterocycles. The first kappa shape index (κ1) is 59.6. The van der Waals surface area contributed by atoms with Crippen LogP contribution in [-0.2, 0) is 32.7 Å². The summed E-state index contributed by atoms with van der Waals surface area (Å²) in [5, 5.41) is 19.7. The van der Waals surface area contributed by atoms with Crippen molar-refractivity contribution in [2.75, 3.05) is 69.1 Å². The predicted molar refractivity (Wildman–Crippen MR) is 333 cm³/mol. The average Bonchev–Trinajstić information content (AvgIpc) is 2.61. The van der Waals surface area contributed by atoms with E-state index in [0.29, 0.717) is 61.6 Å². The van der Waals surface area contributed by atoms with Crippen molar-refractivity contribution in [3.63, 3.8) is 0 Å². The highest BCUT2D eigenvalue weighted by Gasteiger charge is 2.40. The second-order valence-electron chi connectivity index (χ2n) is 25.2. The highest BCUT2D eigenvalue weighted by Crippen LogP contribution is 2.44. The van der Waals surface area contributed by atoms with Crippen LogP contribution in [0.4, 0.5) is 17.1 Å². The molecule has 1 saturated carbocycles. The van der Waals surface area contributed by atoms with Gasteiger partial charge >= 0.3 is 0 Å². The van der Waals surface area contributed by atoms with Crippen LogP contribution < -0.4 is 25.0 Å². The molecule has 0 spiro atoms. The van der Waals surface area contributed by atoms with Crippen LogP contribution in [0.15, 0.2) is 114 Å². The average molecular weight is 1220 g/mol. The van der Waals surface area contributed by atoms with Gasteiger partial charge < -0.3 is 24.8 Å². The number of nitrogens with zero attached hydrogens (tertiary/aromatic N) is 7. The Hall–Kier alpha value is -7.69. The molecular weight excluding hydrogens is 1150 g/mol. The van der Waals surface area contributed by atoms with E-state index < -0.39 is 43.4 Å². The number of nitrogens with one attached hydrogen (secondary N) is 4. The summed E-state index contributed by atoms with van der Waals surface area (Å²) in [5.74, 6) is -1.16. The number of pyridine rings is 1. The smallest absolute Gasteiger partial charge is 0.293 e. The third-order valence-electron chi connectivity index (χ3n) is 18.7. The number of amides is 4. The van der Waals surface area contributed by atoms with E-state index in [2.05, 4.69) is 83.9 Å². The Balaban J connectivity index is 0.651. The van der Waals surface area contributed by atoms with E-state index in [0.717, 1.165) is 124 Å². The molecule has 87 heavy (non-hydrogen) atoms. The van der Waals surface area contributed by atoms with Crippen molar-refractivity contribution >= 4 is 78.9 Å². The zero-order valence-electron chi connectivity index (χ0n) is 49.4. The topological polar surface area (TPSA) is 236 Å². The van der Waals surface area contributed by atoms with Gasteiger partial charge in [-0.15, -0.1) is 0 Å². The van der Waals surface area contributed by atoms with Crippen molar-refractivity contribution in [2.45, 2.75) is 115 Å². The van der Waals surface area contributed by atoms with Gasteiger partial charge in [0.2, 0.25) is 11.8 Å². The van der Waals surface area contributed by atoms with Crippen molar-refractivity contribution in [3.05, 3.63) is 152 Å². The lowest BCUT2D eigenvalue weighted by Crippen LogP contribution is -2.55. The highest BCUT2D eigenvalue weighted by molar-refractivity contribution is 7.90. The van der Waals surface area contributed by atoms with Gasteiger partial charge in [-0.05, 0) is 146 Å². The summed E-state index contributed by atoms with van der Waals surface area (Å²) in [6.45, 7) is 15.1. The molecule has 0 radical (unpaired) electrons. The van der Waals surface area contributed by atoms with Gasteiger partial charge in [0.25, 0.3) is 27.5 Å². The number of sulfonamides is 1. The molecule has 1 unspecified atom stereocenters. The van der Waals surface area contributed by atoms with Crippen LogP contribution in [-0.4, -0.2) is 144 Å². The van der Waals surface area contributed by atoms with Gasteiger partial charge in [-0.1, -0.05) is 55.3 Å². The minimum Gasteiger partial charge on any atom is -0.455 e. The number of allylic oxidation sites excluding steroid dienone is 1. The van der Waals surface area contributed by atoms with Crippen LogP contribution in [0, 0.1) is 21.4 Å². The normalized spacial score (nSPS) is 22.3. The SMILES string of the molecule is C[C@H]1CN(C2CCC(CNc3ccc(S(=O)(=O)NC(=O)c4ccc(N5CCN(CC6=C(c7ccc(Cl)cc7)CC(C)(C)CC6)CC5)cc4Oc4cnc5[nH]ccc5c4)cc3[N+](=O)[O-])CC2)CCN1Cc1ccc2c(c1)CN(C1CCC(=O)NC1=O)C2=O. The lowest BCUT2D eigenvalue weighted by molar-refractivity contribution is -0.384. The number of fused-ring (bicyclic) bond motifs is 2. The number of halogens is 1. The summed E-state index contributed by atoms with van der Waals surface area (Å²) in [6, 6.07) is 26.5. The standard InChI is InChI=1S/C65H74ClN11O9S/c1-41-37-75(29-28-74(41)38-43-6-15-53-47(30-43)40-76(64(53)81)57-18-19-60(78)70-63(57)80)49-11-4-42(5-12-49)35-68-56-17-14-52(33-58(56)77(82)83)87(84,85)71-62(79)54-16-13-50(32-59(54)86-51-31-45-21-23-67-61(45)69-36-51)73-26-24-72(25-27-73)39-46-20-22-65(2,3)34-55(46)44-7-9-48(66)10-8-44/h6-10,13-17,21,23,30-33,36,41-42,49,57,68H,4-5,11-12,18-20,22,24-29,34-35,37-40H2,1-3H3,(H,67,69)(H,71,79)(H,70,78,80)/t41-,42?,49?,57?/m0/s1. The van der Waals surface area contributed by atoms with Gasteiger partial charge in [0.1, 0.15) is 28.9 Å². The number of nitro groups is 1. The molecule has 4 aliphatic heterocycles. The van der Waals surface area contributed by atoms with Gasteiger partial charge in [-0.25, -0.2) is 18.1 Å². The minimum absolute atomic E-state index is 0.0496. The van der Waals surface area contributed by atoms with E-state index in [4.69, 9.17) is 16.3 Å². The van der Waals surface area contributed by atoms with Crippen LogP contribution in [0.3, 0.4) is 0 Å². The number of rotatable bonds is 17. The molecule has 12 rings (SSSR count). The van der Waals surface area contributed by atoms with Crippen LogP contribution in [0.25, 0.3) is 16.6 Å². The molecule has 4 N–H and O–H groups in total. The number of nitro benzene ring substituents is 1. The van der Waals surface area contributed by atoms with Crippen LogP contribution in [0.2, 0.25) is 5.02 Å². The third kappa shape index (κ3) is 13.3.